The van der Waals surface area contributed by atoms with Crippen molar-refractivity contribution in [3.63, 3.8) is 0 Å². The first-order valence-electron chi connectivity index (χ1n) is 19.5. The predicted octanol–water partition coefficient (Wildman–Crippen LogP) is 8.46. The zero-order chi connectivity index (χ0) is 33.2. The fraction of sp³-hybridized carbons (Fsp3) is 0.786. The van der Waals surface area contributed by atoms with E-state index in [0.29, 0.717) is 33.1 Å². The lowest BCUT2D eigenvalue weighted by Crippen LogP contribution is -2.65. The average molecular weight is 644 g/mol. The van der Waals surface area contributed by atoms with Crippen molar-refractivity contribution in [2.75, 3.05) is 52.9 Å². The van der Waals surface area contributed by atoms with Gasteiger partial charge >= 0.3 is 5.97 Å². The Labute approximate surface area is 286 Å². The van der Waals surface area contributed by atoms with Crippen molar-refractivity contribution in [1.82, 2.24) is 15.1 Å². The highest BCUT2D eigenvalue weighted by Crippen LogP contribution is 2.77. The van der Waals surface area contributed by atoms with Gasteiger partial charge in [0.15, 0.2) is 0 Å². The van der Waals surface area contributed by atoms with Crippen LogP contribution in [0.4, 0.5) is 0 Å². The second kappa shape index (κ2) is 12.3. The van der Waals surface area contributed by atoms with Crippen LogP contribution in [-0.4, -0.2) is 73.7 Å². The maximum Gasteiger partial charge on any atom is 0.335 e. The molecule has 1 saturated heterocycles. The Hall–Kier alpha value is -1.69. The Kier molecular flexibility index (Phi) is 8.82. The lowest BCUT2D eigenvalue weighted by atomic mass is 9.32. The van der Waals surface area contributed by atoms with Crippen LogP contribution in [0.25, 0.3) is 5.57 Å². The lowest BCUT2D eigenvalue weighted by Gasteiger charge is -2.72. The number of benzene rings is 1. The normalized spacial score (nSPS) is 41.7. The molecule has 0 bridgehead atoms. The number of fused-ring (bicyclic) bond motifs is 7. The number of hydrogen-bond donors (Lipinski definition) is 2. The molecule has 6 aliphatic rings. The number of rotatable bonds is 8. The van der Waals surface area contributed by atoms with Crippen LogP contribution < -0.4 is 5.32 Å². The van der Waals surface area contributed by atoms with Gasteiger partial charge in [0.1, 0.15) is 0 Å². The van der Waals surface area contributed by atoms with Gasteiger partial charge in [0.2, 0.25) is 0 Å². The number of carbonyl (C=O) groups is 1. The summed E-state index contributed by atoms with van der Waals surface area (Å²) in [4.78, 5) is 16.6. The van der Waals surface area contributed by atoms with E-state index in [1.54, 1.807) is 12.1 Å². The standard InChI is InChI=1S/C42H65N3O2/c1-38(2)32(30-10-12-31(13-11-30)37(46)47)16-19-39(3)35(38)17-20-41(5)36(39)15-14-33-34-9-7-18-42(34,22-21-40(33,41)4)29-43-23-8-24-45-27-25-44(6)26-28-45/h10-13,16,33-36,43H,7-9,14-15,17-29H2,1-6H3,(H,46,47)/t33-,34?,35?,36?,39+,40-,41-,42-/m1/s1. The maximum absolute atomic E-state index is 11.5. The van der Waals surface area contributed by atoms with E-state index in [1.165, 1.54) is 121 Å². The molecule has 4 saturated carbocycles. The molecule has 5 nitrogen and oxygen atoms in total. The van der Waals surface area contributed by atoms with Crippen molar-refractivity contribution < 1.29 is 9.90 Å². The van der Waals surface area contributed by atoms with Crippen LogP contribution in [0.2, 0.25) is 0 Å². The third kappa shape index (κ3) is 5.39. The molecule has 0 aromatic heterocycles. The van der Waals surface area contributed by atoms with E-state index in [4.69, 9.17) is 0 Å². The maximum atomic E-state index is 11.5. The fourth-order valence-corrected chi connectivity index (χ4v) is 13.7. The predicted molar refractivity (Wildman–Crippen MR) is 193 cm³/mol. The van der Waals surface area contributed by atoms with E-state index in [0.717, 1.165) is 24.2 Å². The van der Waals surface area contributed by atoms with Gasteiger partial charge in [-0.3, -0.25) is 0 Å². The Morgan fingerprint density at radius 1 is 0.851 bits per heavy atom. The third-order valence-corrected chi connectivity index (χ3v) is 16.5. The molecular formula is C42H65N3O2. The summed E-state index contributed by atoms with van der Waals surface area (Å²) in [6, 6.07) is 7.69. The smallest absolute Gasteiger partial charge is 0.335 e. The fourth-order valence-electron chi connectivity index (χ4n) is 13.7. The van der Waals surface area contributed by atoms with Gasteiger partial charge in [-0.05, 0) is 158 Å². The van der Waals surface area contributed by atoms with Gasteiger partial charge in [0, 0.05) is 32.7 Å². The van der Waals surface area contributed by atoms with E-state index in [1.807, 2.05) is 0 Å². The Morgan fingerprint density at radius 3 is 2.32 bits per heavy atom. The minimum absolute atomic E-state index is 0.0695. The number of likely N-dealkylation sites (N-methyl/N-ethyl adjacent to an activating group) is 1. The monoisotopic (exact) mass is 644 g/mol. The summed E-state index contributed by atoms with van der Waals surface area (Å²) in [6.07, 6.45) is 17.7. The van der Waals surface area contributed by atoms with Gasteiger partial charge in [-0.25, -0.2) is 4.79 Å². The van der Waals surface area contributed by atoms with Crippen LogP contribution in [0.5, 0.6) is 0 Å². The number of piperazine rings is 1. The molecule has 2 N–H and O–H groups in total. The Balaban J connectivity index is 1.05. The minimum atomic E-state index is -0.845. The van der Waals surface area contributed by atoms with Gasteiger partial charge < -0.3 is 20.2 Å². The number of nitrogens with one attached hydrogen (secondary N) is 1. The van der Waals surface area contributed by atoms with Crippen molar-refractivity contribution in [3.05, 3.63) is 41.5 Å². The zero-order valence-electron chi connectivity index (χ0n) is 30.7. The number of allylic oxidation sites excluding steroid dienone is 2. The first-order valence-corrected chi connectivity index (χ1v) is 19.5. The van der Waals surface area contributed by atoms with Crippen LogP contribution >= 0.6 is 0 Å². The first-order chi connectivity index (χ1) is 22.3. The summed E-state index contributed by atoms with van der Waals surface area (Å²) < 4.78 is 0. The van der Waals surface area contributed by atoms with Crippen LogP contribution in [0.3, 0.4) is 0 Å². The van der Waals surface area contributed by atoms with Crippen LogP contribution in [0, 0.1) is 50.7 Å². The first kappa shape index (κ1) is 33.8. The molecule has 8 atom stereocenters. The van der Waals surface area contributed by atoms with Gasteiger partial charge in [0.25, 0.3) is 0 Å². The second-order valence-electron chi connectivity index (χ2n) is 18.6. The van der Waals surface area contributed by atoms with E-state index in [2.05, 4.69) is 75.0 Å². The number of aromatic carboxylic acids is 1. The highest BCUT2D eigenvalue weighted by atomic mass is 16.4. The number of nitrogens with zero attached hydrogens (tertiary/aromatic N) is 2. The molecule has 3 unspecified atom stereocenters. The second-order valence-corrected chi connectivity index (χ2v) is 18.6. The summed E-state index contributed by atoms with van der Waals surface area (Å²) in [5, 5.41) is 13.5. The third-order valence-electron chi connectivity index (χ3n) is 16.5. The van der Waals surface area contributed by atoms with E-state index < -0.39 is 5.97 Å². The van der Waals surface area contributed by atoms with Gasteiger partial charge in [-0.2, -0.15) is 0 Å². The summed E-state index contributed by atoms with van der Waals surface area (Å²) >= 11 is 0. The summed E-state index contributed by atoms with van der Waals surface area (Å²) in [6.45, 7) is 21.8. The molecule has 0 spiro atoms. The van der Waals surface area contributed by atoms with Crippen molar-refractivity contribution in [2.24, 2.45) is 50.7 Å². The molecule has 1 aromatic carbocycles. The van der Waals surface area contributed by atoms with Crippen molar-refractivity contribution in [1.29, 1.82) is 0 Å². The lowest BCUT2D eigenvalue weighted by molar-refractivity contribution is -0.222. The largest absolute Gasteiger partial charge is 0.478 e. The SMILES string of the molecule is CN1CCN(CCCNC[C@]23CCCC2[C@H]2CCC4[C@@]5(C)CC=C(c6ccc(C(=O)O)cc6)C(C)(C)C5CC[C@@]4(C)[C@]2(C)CC3)CC1. The van der Waals surface area contributed by atoms with Gasteiger partial charge in [-0.15, -0.1) is 0 Å². The van der Waals surface area contributed by atoms with E-state index in [9.17, 15) is 9.90 Å². The van der Waals surface area contributed by atoms with Crippen LogP contribution in [0.1, 0.15) is 121 Å². The molecule has 260 valence electrons. The van der Waals surface area contributed by atoms with Crippen molar-refractivity contribution in [2.45, 2.75) is 105 Å². The molecule has 5 fully saturated rings. The number of carboxylic acids is 1. The molecule has 0 radical (unpaired) electrons. The minimum Gasteiger partial charge on any atom is -0.478 e. The highest BCUT2D eigenvalue weighted by Gasteiger charge is 2.69. The molecule has 47 heavy (non-hydrogen) atoms. The van der Waals surface area contributed by atoms with Crippen molar-refractivity contribution in [3.8, 4) is 0 Å². The number of carboxylic acid groups (broad SMARTS) is 1. The highest BCUT2D eigenvalue weighted by molar-refractivity contribution is 5.88. The summed E-state index contributed by atoms with van der Waals surface area (Å²) in [5.74, 6) is 2.35. The molecule has 1 heterocycles. The van der Waals surface area contributed by atoms with E-state index >= 15 is 0 Å². The Morgan fingerprint density at radius 2 is 1.60 bits per heavy atom. The van der Waals surface area contributed by atoms with Crippen molar-refractivity contribution >= 4 is 11.5 Å². The van der Waals surface area contributed by atoms with Crippen LogP contribution in [0.15, 0.2) is 30.3 Å². The molecule has 5 heteroatoms. The average Bonchev–Trinajstić information content (AvgIpc) is 3.46. The van der Waals surface area contributed by atoms with Crippen LogP contribution in [-0.2, 0) is 0 Å². The van der Waals surface area contributed by atoms with Gasteiger partial charge in [-0.1, -0.05) is 59.2 Å². The summed E-state index contributed by atoms with van der Waals surface area (Å²) in [5.41, 5.74) is 4.77. The quantitative estimate of drug-likeness (QED) is 0.279. The topological polar surface area (TPSA) is 55.8 Å². The molecule has 5 aliphatic carbocycles. The summed E-state index contributed by atoms with van der Waals surface area (Å²) in [7, 11) is 2.25. The zero-order valence-corrected chi connectivity index (χ0v) is 30.7. The number of hydrogen-bond acceptors (Lipinski definition) is 4. The van der Waals surface area contributed by atoms with E-state index in [-0.39, 0.29) is 5.41 Å². The molecular weight excluding hydrogens is 578 g/mol. The molecule has 0 amide bonds. The van der Waals surface area contributed by atoms with Gasteiger partial charge in [0.05, 0.1) is 5.56 Å². The molecule has 7 rings (SSSR count). The molecule has 1 aromatic rings. The molecule has 1 aliphatic heterocycles. The Bertz CT molecular complexity index is 1350.